The molecule has 0 fully saturated rings. The van der Waals surface area contributed by atoms with Crippen molar-refractivity contribution in [3.8, 4) is 0 Å². The van der Waals surface area contributed by atoms with Gasteiger partial charge in [0.1, 0.15) is 11.3 Å². The molecule has 0 aliphatic carbocycles. The number of aryl methyl sites for hydroxylation is 1. The number of hydrogen-bond donors (Lipinski definition) is 1. The highest BCUT2D eigenvalue weighted by atomic mass is 16.3. The summed E-state index contributed by atoms with van der Waals surface area (Å²) >= 11 is 0. The minimum Gasteiger partial charge on any atom is -0.459 e. The summed E-state index contributed by atoms with van der Waals surface area (Å²) in [6, 6.07) is 6.66. The van der Waals surface area contributed by atoms with Crippen LogP contribution in [0.1, 0.15) is 56.9 Å². The molecular weight excluding hydrogens is 234 g/mol. The highest BCUT2D eigenvalue weighted by molar-refractivity contribution is 5.83. The smallest absolute Gasteiger partial charge is 0.134 e. The van der Waals surface area contributed by atoms with Crippen molar-refractivity contribution >= 4 is 11.0 Å². The van der Waals surface area contributed by atoms with Crippen LogP contribution in [-0.4, -0.2) is 6.54 Å². The van der Waals surface area contributed by atoms with E-state index in [4.69, 9.17) is 4.42 Å². The summed E-state index contributed by atoms with van der Waals surface area (Å²) in [6.45, 7) is 10.6. The second kappa shape index (κ2) is 6.25. The maximum absolute atomic E-state index is 6.00. The van der Waals surface area contributed by atoms with E-state index >= 15 is 0 Å². The molecule has 0 saturated carbocycles. The molecule has 0 aliphatic heterocycles. The van der Waals surface area contributed by atoms with Crippen molar-refractivity contribution in [3.05, 3.63) is 35.1 Å². The maximum atomic E-state index is 6.00. The lowest BCUT2D eigenvalue weighted by atomic mass is 9.96. The summed E-state index contributed by atoms with van der Waals surface area (Å²) in [7, 11) is 0. The van der Waals surface area contributed by atoms with Gasteiger partial charge in [-0.2, -0.15) is 0 Å². The molecule has 0 spiro atoms. The van der Waals surface area contributed by atoms with Crippen LogP contribution in [-0.2, 0) is 13.0 Å². The second-order valence-electron chi connectivity index (χ2n) is 5.20. The zero-order valence-corrected chi connectivity index (χ0v) is 12.5. The van der Waals surface area contributed by atoms with E-state index in [1.54, 1.807) is 0 Å². The third-order valence-electron chi connectivity index (χ3n) is 3.97. The molecule has 1 aromatic carbocycles. The van der Waals surface area contributed by atoms with Crippen LogP contribution in [0.5, 0.6) is 0 Å². The van der Waals surface area contributed by atoms with Gasteiger partial charge in [-0.3, -0.25) is 0 Å². The Balaban J connectivity index is 2.45. The summed E-state index contributed by atoms with van der Waals surface area (Å²) in [5.41, 5.74) is 3.80. The van der Waals surface area contributed by atoms with Crippen LogP contribution < -0.4 is 5.32 Å². The third-order valence-corrected chi connectivity index (χ3v) is 3.97. The molecule has 2 aromatic rings. The first-order valence-electron chi connectivity index (χ1n) is 7.46. The average molecular weight is 259 g/mol. The molecule has 1 unspecified atom stereocenters. The van der Waals surface area contributed by atoms with E-state index in [9.17, 15) is 0 Å². The minimum atomic E-state index is 0.612. The first kappa shape index (κ1) is 14.1. The van der Waals surface area contributed by atoms with Gasteiger partial charge < -0.3 is 9.73 Å². The molecule has 0 radical (unpaired) electrons. The normalized spacial score (nSPS) is 13.1. The molecule has 1 atom stereocenters. The average Bonchev–Trinajstić information content (AvgIpc) is 2.80. The third kappa shape index (κ3) is 2.84. The fourth-order valence-corrected chi connectivity index (χ4v) is 2.53. The monoisotopic (exact) mass is 259 g/mol. The standard InChI is InChI=1S/C17H25NO/c1-5-12(4)13-8-9-16-15(10-13)14(6-2)17(19-16)11-18-7-3/h8-10,12,18H,5-7,11H2,1-4H3. The summed E-state index contributed by atoms with van der Waals surface area (Å²) in [6.07, 6.45) is 2.20. The van der Waals surface area contributed by atoms with Crippen LogP contribution >= 0.6 is 0 Å². The lowest BCUT2D eigenvalue weighted by Crippen LogP contribution is -2.12. The number of fused-ring (bicyclic) bond motifs is 1. The number of benzene rings is 1. The highest BCUT2D eigenvalue weighted by Crippen LogP contribution is 2.30. The van der Waals surface area contributed by atoms with Crippen molar-refractivity contribution < 1.29 is 4.42 Å². The Labute approximate surface area is 116 Å². The lowest BCUT2D eigenvalue weighted by molar-refractivity contribution is 0.514. The van der Waals surface area contributed by atoms with E-state index in [1.807, 2.05) is 0 Å². The number of rotatable bonds is 6. The van der Waals surface area contributed by atoms with E-state index in [0.717, 1.165) is 30.9 Å². The van der Waals surface area contributed by atoms with Gasteiger partial charge in [0, 0.05) is 10.9 Å². The van der Waals surface area contributed by atoms with Gasteiger partial charge >= 0.3 is 0 Å². The summed E-state index contributed by atoms with van der Waals surface area (Å²) in [5.74, 6) is 1.71. The Morgan fingerprint density at radius 3 is 2.63 bits per heavy atom. The molecule has 2 nitrogen and oxygen atoms in total. The van der Waals surface area contributed by atoms with Crippen LogP contribution in [0, 0.1) is 0 Å². The second-order valence-corrected chi connectivity index (χ2v) is 5.20. The lowest BCUT2D eigenvalue weighted by Gasteiger charge is -2.08. The Morgan fingerprint density at radius 1 is 1.21 bits per heavy atom. The fourth-order valence-electron chi connectivity index (χ4n) is 2.53. The molecule has 0 amide bonds. The van der Waals surface area contributed by atoms with Crippen LogP contribution in [0.4, 0.5) is 0 Å². The van der Waals surface area contributed by atoms with E-state index in [-0.39, 0.29) is 0 Å². The Bertz CT molecular complexity index is 541. The van der Waals surface area contributed by atoms with E-state index in [1.165, 1.54) is 22.9 Å². The van der Waals surface area contributed by atoms with Gasteiger partial charge in [0.2, 0.25) is 0 Å². The summed E-state index contributed by atoms with van der Waals surface area (Å²) in [5, 5.41) is 4.65. The van der Waals surface area contributed by atoms with Crippen molar-refractivity contribution in [1.29, 1.82) is 0 Å². The van der Waals surface area contributed by atoms with Crippen molar-refractivity contribution in [2.75, 3.05) is 6.54 Å². The van der Waals surface area contributed by atoms with Gasteiger partial charge in [0.15, 0.2) is 0 Å². The van der Waals surface area contributed by atoms with E-state index in [2.05, 4.69) is 51.2 Å². The molecular formula is C17H25NO. The minimum absolute atomic E-state index is 0.612. The van der Waals surface area contributed by atoms with Crippen molar-refractivity contribution in [3.63, 3.8) is 0 Å². The van der Waals surface area contributed by atoms with Gasteiger partial charge in [0.05, 0.1) is 6.54 Å². The van der Waals surface area contributed by atoms with Gasteiger partial charge in [-0.15, -0.1) is 0 Å². The Hall–Kier alpha value is -1.28. The fraction of sp³-hybridized carbons (Fsp3) is 0.529. The zero-order valence-electron chi connectivity index (χ0n) is 12.5. The molecule has 2 rings (SSSR count). The number of hydrogen-bond acceptors (Lipinski definition) is 2. The highest BCUT2D eigenvalue weighted by Gasteiger charge is 2.14. The van der Waals surface area contributed by atoms with Gasteiger partial charge in [0.25, 0.3) is 0 Å². The van der Waals surface area contributed by atoms with Crippen LogP contribution in [0.25, 0.3) is 11.0 Å². The summed E-state index contributed by atoms with van der Waals surface area (Å²) < 4.78 is 6.00. The topological polar surface area (TPSA) is 25.2 Å². The van der Waals surface area contributed by atoms with Crippen LogP contribution in [0.3, 0.4) is 0 Å². The van der Waals surface area contributed by atoms with E-state index < -0.39 is 0 Å². The van der Waals surface area contributed by atoms with Crippen molar-refractivity contribution in [2.45, 2.75) is 53.0 Å². The largest absolute Gasteiger partial charge is 0.459 e. The molecule has 1 heterocycles. The van der Waals surface area contributed by atoms with E-state index in [0.29, 0.717) is 5.92 Å². The molecule has 1 N–H and O–H groups in total. The molecule has 104 valence electrons. The van der Waals surface area contributed by atoms with Gasteiger partial charge in [-0.05, 0) is 43.0 Å². The Kier molecular flexibility index (Phi) is 4.65. The summed E-state index contributed by atoms with van der Waals surface area (Å²) in [4.78, 5) is 0. The predicted molar refractivity (Wildman–Crippen MR) is 81.7 cm³/mol. The first-order valence-corrected chi connectivity index (χ1v) is 7.46. The Morgan fingerprint density at radius 2 is 2.00 bits per heavy atom. The number of furan rings is 1. The van der Waals surface area contributed by atoms with Gasteiger partial charge in [-0.25, -0.2) is 0 Å². The first-order chi connectivity index (χ1) is 9.21. The molecule has 19 heavy (non-hydrogen) atoms. The van der Waals surface area contributed by atoms with Crippen molar-refractivity contribution in [1.82, 2.24) is 5.32 Å². The van der Waals surface area contributed by atoms with Gasteiger partial charge in [-0.1, -0.05) is 33.8 Å². The maximum Gasteiger partial charge on any atom is 0.134 e. The predicted octanol–water partition coefficient (Wildman–Crippen LogP) is 4.62. The number of nitrogens with one attached hydrogen (secondary N) is 1. The molecule has 1 aromatic heterocycles. The zero-order chi connectivity index (χ0) is 13.8. The molecule has 0 bridgehead atoms. The molecule has 0 saturated heterocycles. The molecule has 2 heteroatoms. The molecule has 0 aliphatic rings. The van der Waals surface area contributed by atoms with Crippen molar-refractivity contribution in [2.24, 2.45) is 0 Å². The quantitative estimate of drug-likeness (QED) is 0.819. The van der Waals surface area contributed by atoms with Crippen LogP contribution in [0.2, 0.25) is 0 Å². The SMILES string of the molecule is CCNCc1oc2ccc(C(C)CC)cc2c1CC. The van der Waals surface area contributed by atoms with Crippen LogP contribution in [0.15, 0.2) is 22.6 Å².